The fourth-order valence-corrected chi connectivity index (χ4v) is 2.18. The number of piperazine rings is 1. The predicted octanol–water partition coefficient (Wildman–Crippen LogP) is 1.08. The van der Waals surface area contributed by atoms with Crippen molar-refractivity contribution in [3.63, 3.8) is 0 Å². The summed E-state index contributed by atoms with van der Waals surface area (Å²) >= 11 is 0. The molecule has 0 unspecified atom stereocenters. The number of carbonyl (C=O) groups excluding carboxylic acids is 2. The summed E-state index contributed by atoms with van der Waals surface area (Å²) in [6.45, 7) is 1.80. The number of carbonyl (C=O) groups is 2. The molecule has 1 N–H and O–H groups in total. The quantitative estimate of drug-likeness (QED) is 0.746. The van der Waals surface area contributed by atoms with Crippen molar-refractivity contribution in [2.45, 2.75) is 38.4 Å². The van der Waals surface area contributed by atoms with E-state index in [1.165, 1.54) is 4.90 Å². The SMILES string of the molecule is CCC1(CC)NC(=O)CN(CCOCC(F)(F)F)C1=O. The van der Waals surface area contributed by atoms with E-state index in [0.717, 1.165) is 0 Å². The van der Waals surface area contributed by atoms with Crippen molar-refractivity contribution in [2.75, 3.05) is 26.3 Å². The van der Waals surface area contributed by atoms with Crippen molar-refractivity contribution in [1.29, 1.82) is 0 Å². The number of halogens is 3. The van der Waals surface area contributed by atoms with Gasteiger partial charge in [-0.25, -0.2) is 0 Å². The molecular weight excluding hydrogens is 277 g/mol. The second kappa shape index (κ2) is 6.43. The van der Waals surface area contributed by atoms with Gasteiger partial charge in [0.15, 0.2) is 0 Å². The third kappa shape index (κ3) is 4.09. The van der Waals surface area contributed by atoms with Gasteiger partial charge in [-0.1, -0.05) is 13.8 Å². The molecule has 1 rings (SSSR count). The van der Waals surface area contributed by atoms with Gasteiger partial charge in [0.2, 0.25) is 11.8 Å². The van der Waals surface area contributed by atoms with E-state index in [1.807, 2.05) is 0 Å². The highest BCUT2D eigenvalue weighted by atomic mass is 19.4. The van der Waals surface area contributed by atoms with E-state index in [-0.39, 0.29) is 31.5 Å². The number of hydrogen-bond donors (Lipinski definition) is 1. The molecule has 1 heterocycles. The van der Waals surface area contributed by atoms with Gasteiger partial charge in [-0.2, -0.15) is 13.2 Å². The van der Waals surface area contributed by atoms with Gasteiger partial charge in [-0.15, -0.1) is 0 Å². The molecule has 8 heteroatoms. The number of nitrogens with zero attached hydrogens (tertiary/aromatic N) is 1. The molecule has 0 bridgehead atoms. The van der Waals surface area contributed by atoms with Crippen molar-refractivity contribution in [3.05, 3.63) is 0 Å². The minimum atomic E-state index is -4.39. The van der Waals surface area contributed by atoms with Crippen LogP contribution in [-0.2, 0) is 14.3 Å². The molecular formula is C12H19F3N2O3. The van der Waals surface area contributed by atoms with Crippen LogP contribution in [0.15, 0.2) is 0 Å². The van der Waals surface area contributed by atoms with Crippen LogP contribution in [0.3, 0.4) is 0 Å². The average molecular weight is 296 g/mol. The number of rotatable bonds is 6. The molecule has 5 nitrogen and oxygen atoms in total. The predicted molar refractivity (Wildman–Crippen MR) is 64.9 cm³/mol. The van der Waals surface area contributed by atoms with Crippen LogP contribution in [0.4, 0.5) is 13.2 Å². The number of alkyl halides is 3. The van der Waals surface area contributed by atoms with Crippen LogP contribution in [-0.4, -0.2) is 54.7 Å². The van der Waals surface area contributed by atoms with Gasteiger partial charge in [0.1, 0.15) is 12.1 Å². The van der Waals surface area contributed by atoms with Crippen LogP contribution in [0.5, 0.6) is 0 Å². The van der Waals surface area contributed by atoms with Crippen molar-refractivity contribution in [3.8, 4) is 0 Å². The first-order valence-corrected chi connectivity index (χ1v) is 6.49. The standard InChI is InChI=1S/C12H19F3N2O3/c1-3-11(4-2)10(19)17(7-9(18)16-11)5-6-20-8-12(13,14)15/h3-8H2,1-2H3,(H,16,18). The van der Waals surface area contributed by atoms with Crippen LogP contribution in [0, 0.1) is 0 Å². The van der Waals surface area contributed by atoms with Gasteiger partial charge in [0, 0.05) is 6.54 Å². The summed E-state index contributed by atoms with van der Waals surface area (Å²) in [5.41, 5.74) is -0.945. The van der Waals surface area contributed by atoms with Crippen LogP contribution < -0.4 is 5.32 Å². The van der Waals surface area contributed by atoms with Gasteiger partial charge in [0.05, 0.1) is 13.2 Å². The molecule has 0 atom stereocenters. The molecule has 0 aliphatic carbocycles. The lowest BCUT2D eigenvalue weighted by molar-refractivity contribution is -0.175. The summed E-state index contributed by atoms with van der Waals surface area (Å²) < 4.78 is 40.2. The Kier molecular flexibility index (Phi) is 5.38. The van der Waals surface area contributed by atoms with E-state index in [2.05, 4.69) is 10.1 Å². The van der Waals surface area contributed by atoms with E-state index in [4.69, 9.17) is 0 Å². The fourth-order valence-electron chi connectivity index (χ4n) is 2.18. The minimum Gasteiger partial charge on any atom is -0.370 e. The number of hydrogen-bond acceptors (Lipinski definition) is 3. The van der Waals surface area contributed by atoms with Gasteiger partial charge in [-0.3, -0.25) is 9.59 Å². The maximum Gasteiger partial charge on any atom is 0.411 e. The van der Waals surface area contributed by atoms with Crippen molar-refractivity contribution in [1.82, 2.24) is 10.2 Å². The summed E-state index contributed by atoms with van der Waals surface area (Å²) in [5, 5.41) is 2.67. The topological polar surface area (TPSA) is 58.6 Å². The van der Waals surface area contributed by atoms with Gasteiger partial charge in [0.25, 0.3) is 0 Å². The molecule has 2 amide bonds. The molecule has 0 spiro atoms. The zero-order chi connectivity index (χ0) is 15.4. The zero-order valence-electron chi connectivity index (χ0n) is 11.5. The molecule has 0 aromatic rings. The molecule has 0 aromatic carbocycles. The van der Waals surface area contributed by atoms with Crippen molar-refractivity contribution < 1.29 is 27.5 Å². The molecule has 0 saturated carbocycles. The first-order valence-electron chi connectivity index (χ1n) is 6.49. The molecule has 1 aliphatic heterocycles. The molecule has 116 valence electrons. The molecule has 20 heavy (non-hydrogen) atoms. The van der Waals surface area contributed by atoms with Gasteiger partial charge in [-0.05, 0) is 12.8 Å². The maximum atomic E-state index is 12.3. The van der Waals surface area contributed by atoms with E-state index >= 15 is 0 Å². The normalized spacial score (nSPS) is 19.1. The lowest BCUT2D eigenvalue weighted by Gasteiger charge is -2.41. The average Bonchev–Trinajstić information content (AvgIpc) is 2.37. The number of ether oxygens (including phenoxy) is 1. The highest BCUT2D eigenvalue weighted by molar-refractivity contribution is 5.97. The Bertz CT molecular complexity index is 367. The lowest BCUT2D eigenvalue weighted by atomic mass is 9.89. The largest absolute Gasteiger partial charge is 0.411 e. The maximum absolute atomic E-state index is 12.3. The third-order valence-corrected chi connectivity index (χ3v) is 3.39. The third-order valence-electron chi connectivity index (χ3n) is 3.39. The molecule has 1 fully saturated rings. The first-order chi connectivity index (χ1) is 9.24. The van der Waals surface area contributed by atoms with E-state index < -0.39 is 18.3 Å². The highest BCUT2D eigenvalue weighted by Crippen LogP contribution is 2.22. The summed E-state index contributed by atoms with van der Waals surface area (Å²) in [6.07, 6.45) is -3.51. The van der Waals surface area contributed by atoms with Gasteiger partial charge < -0.3 is 15.0 Å². The summed E-state index contributed by atoms with van der Waals surface area (Å²) in [7, 11) is 0. The molecule has 1 aliphatic rings. The van der Waals surface area contributed by atoms with Crippen molar-refractivity contribution >= 4 is 11.8 Å². The summed E-state index contributed by atoms with van der Waals surface area (Å²) in [4.78, 5) is 25.2. The Hall–Kier alpha value is -1.31. The van der Waals surface area contributed by atoms with Crippen LogP contribution >= 0.6 is 0 Å². The van der Waals surface area contributed by atoms with Crippen molar-refractivity contribution in [2.24, 2.45) is 0 Å². The summed E-state index contributed by atoms with van der Waals surface area (Å²) in [5.74, 6) is -0.568. The van der Waals surface area contributed by atoms with Crippen LogP contribution in [0.1, 0.15) is 26.7 Å². The Balaban J connectivity index is 2.57. The second-order valence-corrected chi connectivity index (χ2v) is 4.73. The Morgan fingerprint density at radius 1 is 1.30 bits per heavy atom. The Labute approximate surface area is 115 Å². The Morgan fingerprint density at radius 3 is 2.40 bits per heavy atom. The van der Waals surface area contributed by atoms with Crippen LogP contribution in [0.2, 0.25) is 0 Å². The molecule has 0 radical (unpaired) electrons. The number of nitrogens with one attached hydrogen (secondary N) is 1. The summed E-state index contributed by atoms with van der Waals surface area (Å²) in [6, 6.07) is 0. The van der Waals surface area contributed by atoms with Gasteiger partial charge >= 0.3 is 6.18 Å². The molecule has 0 aromatic heterocycles. The minimum absolute atomic E-state index is 0.0237. The Morgan fingerprint density at radius 2 is 1.90 bits per heavy atom. The van der Waals surface area contributed by atoms with E-state index in [9.17, 15) is 22.8 Å². The lowest BCUT2D eigenvalue weighted by Crippen LogP contribution is -2.66. The van der Waals surface area contributed by atoms with E-state index in [0.29, 0.717) is 12.8 Å². The monoisotopic (exact) mass is 296 g/mol. The number of amides is 2. The first kappa shape index (κ1) is 16.7. The van der Waals surface area contributed by atoms with Crippen LogP contribution in [0.25, 0.3) is 0 Å². The smallest absolute Gasteiger partial charge is 0.370 e. The fraction of sp³-hybridized carbons (Fsp3) is 0.833. The second-order valence-electron chi connectivity index (χ2n) is 4.73. The molecule has 1 saturated heterocycles. The van der Waals surface area contributed by atoms with E-state index in [1.54, 1.807) is 13.8 Å². The highest BCUT2D eigenvalue weighted by Gasteiger charge is 2.43. The zero-order valence-corrected chi connectivity index (χ0v) is 11.5.